The maximum atomic E-state index is 5.47. The molecule has 0 N–H and O–H groups in total. The van der Waals surface area contributed by atoms with E-state index in [4.69, 9.17) is 4.74 Å². The van der Waals surface area contributed by atoms with Crippen molar-refractivity contribution in [1.29, 1.82) is 0 Å². The quantitative estimate of drug-likeness (QED) is 0.509. The Bertz CT molecular complexity index is 133. The Morgan fingerprint density at radius 3 is 2.20 bits per heavy atom. The molecule has 0 radical (unpaired) electrons. The minimum atomic E-state index is -0.0113. The fraction of sp³-hybridized carbons (Fsp3) is 0.778. The molecule has 58 valence electrons. The first-order valence-electron chi connectivity index (χ1n) is 3.94. The number of hydrogen-bond donors (Lipinski definition) is 0. The molecule has 0 heterocycles. The van der Waals surface area contributed by atoms with E-state index in [1.807, 2.05) is 6.26 Å². The standard InChI is InChI=1S/C9H16O/c1-9(2,3)10-7-8-5-4-6-8/h7H,4-6H2,1-3H3. The molecule has 1 fully saturated rings. The van der Waals surface area contributed by atoms with Crippen LogP contribution >= 0.6 is 0 Å². The zero-order valence-electron chi connectivity index (χ0n) is 7.11. The monoisotopic (exact) mass is 140 g/mol. The summed E-state index contributed by atoms with van der Waals surface area (Å²) < 4.78 is 5.47. The van der Waals surface area contributed by atoms with Crippen molar-refractivity contribution in [3.63, 3.8) is 0 Å². The fourth-order valence-corrected chi connectivity index (χ4v) is 0.759. The first kappa shape index (κ1) is 7.64. The van der Waals surface area contributed by atoms with E-state index in [9.17, 15) is 0 Å². The van der Waals surface area contributed by atoms with Gasteiger partial charge >= 0.3 is 0 Å². The Morgan fingerprint density at radius 2 is 1.90 bits per heavy atom. The molecular formula is C9H16O. The number of allylic oxidation sites excluding steroid dienone is 1. The second-order valence-electron chi connectivity index (χ2n) is 3.86. The molecule has 0 atom stereocenters. The summed E-state index contributed by atoms with van der Waals surface area (Å²) in [5, 5.41) is 0. The Morgan fingerprint density at radius 1 is 1.30 bits per heavy atom. The van der Waals surface area contributed by atoms with Gasteiger partial charge in [0.2, 0.25) is 0 Å². The first-order valence-corrected chi connectivity index (χ1v) is 3.94. The Labute approximate surface area is 63.1 Å². The Kier molecular flexibility index (Phi) is 2.02. The molecule has 0 unspecified atom stereocenters. The van der Waals surface area contributed by atoms with Crippen LogP contribution in [0.3, 0.4) is 0 Å². The maximum Gasteiger partial charge on any atom is 0.0998 e. The third kappa shape index (κ3) is 2.42. The van der Waals surface area contributed by atoms with Gasteiger partial charge in [0.15, 0.2) is 0 Å². The summed E-state index contributed by atoms with van der Waals surface area (Å²) in [6, 6.07) is 0. The van der Waals surface area contributed by atoms with Crippen molar-refractivity contribution >= 4 is 0 Å². The summed E-state index contributed by atoms with van der Waals surface area (Å²) in [7, 11) is 0. The topological polar surface area (TPSA) is 9.23 Å². The molecule has 10 heavy (non-hydrogen) atoms. The normalized spacial score (nSPS) is 18.1. The van der Waals surface area contributed by atoms with E-state index in [1.54, 1.807) is 0 Å². The summed E-state index contributed by atoms with van der Waals surface area (Å²) in [4.78, 5) is 0. The minimum absolute atomic E-state index is 0.0113. The van der Waals surface area contributed by atoms with Crippen LogP contribution in [0.15, 0.2) is 11.8 Å². The Hall–Kier alpha value is -0.460. The second-order valence-corrected chi connectivity index (χ2v) is 3.86. The molecule has 1 aliphatic carbocycles. The Balaban J connectivity index is 2.26. The maximum absolute atomic E-state index is 5.47. The van der Waals surface area contributed by atoms with Gasteiger partial charge in [0.05, 0.1) is 11.9 Å². The molecule has 0 aromatic rings. The van der Waals surface area contributed by atoms with E-state index < -0.39 is 0 Å². The molecule has 0 aliphatic heterocycles. The number of hydrogen-bond acceptors (Lipinski definition) is 1. The van der Waals surface area contributed by atoms with Crippen LogP contribution in [0.4, 0.5) is 0 Å². The lowest BCUT2D eigenvalue weighted by molar-refractivity contribution is 0.0732. The molecule has 1 aliphatic rings. The van der Waals surface area contributed by atoms with E-state index in [-0.39, 0.29) is 5.60 Å². The summed E-state index contributed by atoms with van der Waals surface area (Å²) in [6.45, 7) is 6.22. The van der Waals surface area contributed by atoms with E-state index in [0.29, 0.717) is 0 Å². The van der Waals surface area contributed by atoms with Crippen LogP contribution in [0.2, 0.25) is 0 Å². The molecule has 1 saturated carbocycles. The lowest BCUT2D eigenvalue weighted by atomic mass is 9.94. The third-order valence-electron chi connectivity index (χ3n) is 1.57. The smallest absolute Gasteiger partial charge is 0.0998 e. The van der Waals surface area contributed by atoms with Gasteiger partial charge in [-0.15, -0.1) is 0 Å². The first-order chi connectivity index (χ1) is 4.58. The zero-order valence-corrected chi connectivity index (χ0v) is 7.11. The van der Waals surface area contributed by atoms with Crippen LogP contribution < -0.4 is 0 Å². The van der Waals surface area contributed by atoms with Crippen molar-refractivity contribution in [1.82, 2.24) is 0 Å². The highest BCUT2D eigenvalue weighted by molar-refractivity contribution is 5.06. The van der Waals surface area contributed by atoms with Gasteiger partial charge in [-0.2, -0.15) is 0 Å². The van der Waals surface area contributed by atoms with Gasteiger partial charge in [0.1, 0.15) is 0 Å². The van der Waals surface area contributed by atoms with Crippen LogP contribution in [-0.4, -0.2) is 5.60 Å². The summed E-state index contributed by atoms with van der Waals surface area (Å²) >= 11 is 0. The molecule has 0 aromatic heterocycles. The van der Waals surface area contributed by atoms with Crippen molar-refractivity contribution < 1.29 is 4.74 Å². The minimum Gasteiger partial charge on any atom is -0.496 e. The average molecular weight is 140 g/mol. The highest BCUT2D eigenvalue weighted by atomic mass is 16.5. The van der Waals surface area contributed by atoms with Gasteiger partial charge in [-0.05, 0) is 45.6 Å². The predicted molar refractivity (Wildman–Crippen MR) is 42.8 cm³/mol. The van der Waals surface area contributed by atoms with Crippen molar-refractivity contribution in [2.24, 2.45) is 0 Å². The van der Waals surface area contributed by atoms with Gasteiger partial charge in [-0.25, -0.2) is 0 Å². The van der Waals surface area contributed by atoms with Gasteiger partial charge in [0, 0.05) is 0 Å². The SMILES string of the molecule is CC(C)(C)OC=C1CCC1. The molecule has 0 saturated heterocycles. The van der Waals surface area contributed by atoms with Crippen molar-refractivity contribution in [2.75, 3.05) is 0 Å². The number of rotatable bonds is 1. The fourth-order valence-electron chi connectivity index (χ4n) is 0.759. The van der Waals surface area contributed by atoms with Crippen molar-refractivity contribution in [2.45, 2.75) is 45.6 Å². The lowest BCUT2D eigenvalue weighted by Gasteiger charge is -2.22. The predicted octanol–water partition coefficient (Wildman–Crippen LogP) is 2.87. The second kappa shape index (κ2) is 2.65. The van der Waals surface area contributed by atoms with E-state index in [0.717, 1.165) is 0 Å². The molecule has 1 rings (SSSR count). The molecule has 0 spiro atoms. The van der Waals surface area contributed by atoms with E-state index >= 15 is 0 Å². The highest BCUT2D eigenvalue weighted by Crippen LogP contribution is 2.26. The molecule has 1 heteroatoms. The van der Waals surface area contributed by atoms with Gasteiger partial charge in [-0.3, -0.25) is 0 Å². The summed E-state index contributed by atoms with van der Waals surface area (Å²) in [5.41, 5.74) is 1.46. The van der Waals surface area contributed by atoms with Crippen LogP contribution in [0.5, 0.6) is 0 Å². The van der Waals surface area contributed by atoms with Crippen molar-refractivity contribution in [3.05, 3.63) is 11.8 Å². The highest BCUT2D eigenvalue weighted by Gasteiger charge is 2.12. The largest absolute Gasteiger partial charge is 0.496 e. The molecule has 1 nitrogen and oxygen atoms in total. The molecular weight excluding hydrogens is 124 g/mol. The summed E-state index contributed by atoms with van der Waals surface area (Å²) in [5.74, 6) is 0. The van der Waals surface area contributed by atoms with Crippen LogP contribution in [0.25, 0.3) is 0 Å². The summed E-state index contributed by atoms with van der Waals surface area (Å²) in [6.07, 6.45) is 5.77. The zero-order chi connectivity index (χ0) is 7.61. The molecule has 0 bridgehead atoms. The third-order valence-corrected chi connectivity index (χ3v) is 1.57. The number of ether oxygens (including phenoxy) is 1. The van der Waals surface area contributed by atoms with Gasteiger partial charge < -0.3 is 4.74 Å². The van der Waals surface area contributed by atoms with E-state index in [1.165, 1.54) is 24.8 Å². The van der Waals surface area contributed by atoms with Crippen molar-refractivity contribution in [3.8, 4) is 0 Å². The van der Waals surface area contributed by atoms with Gasteiger partial charge in [-0.1, -0.05) is 0 Å². The lowest BCUT2D eigenvalue weighted by Crippen LogP contribution is -2.16. The van der Waals surface area contributed by atoms with Crippen LogP contribution in [0.1, 0.15) is 40.0 Å². The van der Waals surface area contributed by atoms with Crippen LogP contribution in [0, 0.1) is 0 Å². The molecule has 0 aromatic carbocycles. The average Bonchev–Trinajstić information content (AvgIpc) is 1.56. The van der Waals surface area contributed by atoms with E-state index in [2.05, 4.69) is 20.8 Å². The van der Waals surface area contributed by atoms with Gasteiger partial charge in [0.25, 0.3) is 0 Å². The molecule has 0 amide bonds. The van der Waals surface area contributed by atoms with Crippen LogP contribution in [-0.2, 0) is 4.74 Å².